The highest BCUT2D eigenvalue weighted by molar-refractivity contribution is 7.91. The van der Waals surface area contributed by atoms with E-state index in [1.807, 2.05) is 0 Å². The summed E-state index contributed by atoms with van der Waals surface area (Å²) in [5, 5.41) is 16.2. The van der Waals surface area contributed by atoms with Crippen molar-refractivity contribution in [3.63, 3.8) is 0 Å². The van der Waals surface area contributed by atoms with Crippen LogP contribution in [0.3, 0.4) is 0 Å². The zero-order valence-corrected chi connectivity index (χ0v) is 18.4. The Labute approximate surface area is 185 Å². The van der Waals surface area contributed by atoms with E-state index in [4.69, 9.17) is 4.74 Å². The third kappa shape index (κ3) is 4.16. The first kappa shape index (κ1) is 22.7. The molecule has 0 aliphatic heterocycles. The first-order valence-corrected chi connectivity index (χ1v) is 11.1. The number of methoxy groups -OCH3 is 1. The number of fused-ring (bicyclic) bond motifs is 1. The van der Waals surface area contributed by atoms with Crippen molar-refractivity contribution in [3.8, 4) is 23.0 Å². The minimum atomic E-state index is -4.57. The molecule has 174 valence electrons. The topological polar surface area (TPSA) is 131 Å². The average Bonchev–Trinajstić information content (AvgIpc) is 3.34. The van der Waals surface area contributed by atoms with Crippen molar-refractivity contribution in [2.75, 3.05) is 12.9 Å². The van der Waals surface area contributed by atoms with Crippen LogP contribution >= 0.6 is 0 Å². The van der Waals surface area contributed by atoms with Crippen LogP contribution in [-0.4, -0.2) is 61.0 Å². The van der Waals surface area contributed by atoms with Crippen molar-refractivity contribution in [2.24, 2.45) is 7.05 Å². The maximum atomic E-state index is 13.1. The molecule has 11 nitrogen and oxygen atoms in total. The molecule has 0 spiro atoms. The SMILES string of the molecule is CCS(=O)(=O)c1cc2nn(COC)nc2nc1-c1nnc(-c2cc(C(F)(F)F)ccn2)n1C. The third-order valence-corrected chi connectivity index (χ3v) is 6.49. The number of alkyl halides is 3. The summed E-state index contributed by atoms with van der Waals surface area (Å²) in [7, 11) is -0.864. The van der Waals surface area contributed by atoms with E-state index in [0.717, 1.165) is 18.3 Å². The van der Waals surface area contributed by atoms with Gasteiger partial charge in [-0.2, -0.15) is 18.0 Å². The molecule has 0 amide bonds. The van der Waals surface area contributed by atoms with Gasteiger partial charge in [0.05, 0.1) is 16.2 Å². The van der Waals surface area contributed by atoms with Crippen LogP contribution in [0.15, 0.2) is 29.3 Å². The molecule has 0 saturated carbocycles. The average molecular weight is 482 g/mol. The van der Waals surface area contributed by atoms with Crippen LogP contribution in [-0.2, 0) is 34.5 Å². The molecule has 0 aromatic carbocycles. The second kappa shape index (κ2) is 8.15. The van der Waals surface area contributed by atoms with Crippen LogP contribution in [0.4, 0.5) is 13.2 Å². The summed E-state index contributed by atoms with van der Waals surface area (Å²) in [5.74, 6) is -0.209. The highest BCUT2D eigenvalue weighted by Crippen LogP contribution is 2.32. The molecule has 0 fully saturated rings. The molecule has 0 unspecified atom stereocenters. The fraction of sp³-hybridized carbons (Fsp3) is 0.333. The Morgan fingerprint density at radius 1 is 1.12 bits per heavy atom. The Morgan fingerprint density at radius 3 is 2.52 bits per heavy atom. The first-order chi connectivity index (χ1) is 15.5. The Morgan fingerprint density at radius 2 is 1.85 bits per heavy atom. The molecule has 4 heterocycles. The molecule has 0 radical (unpaired) electrons. The van der Waals surface area contributed by atoms with Gasteiger partial charge in [-0.3, -0.25) is 4.98 Å². The van der Waals surface area contributed by atoms with Crippen LogP contribution in [0.2, 0.25) is 0 Å². The van der Waals surface area contributed by atoms with Gasteiger partial charge in [0, 0.05) is 20.4 Å². The van der Waals surface area contributed by atoms with Crippen molar-refractivity contribution in [2.45, 2.75) is 24.7 Å². The molecule has 0 N–H and O–H groups in total. The summed E-state index contributed by atoms with van der Waals surface area (Å²) in [6.45, 7) is 1.50. The lowest BCUT2D eigenvalue weighted by molar-refractivity contribution is -0.137. The smallest absolute Gasteiger partial charge is 0.361 e. The van der Waals surface area contributed by atoms with E-state index < -0.39 is 21.6 Å². The van der Waals surface area contributed by atoms with Gasteiger partial charge in [0.1, 0.15) is 16.9 Å². The summed E-state index contributed by atoms with van der Waals surface area (Å²) in [5.41, 5.74) is -0.677. The van der Waals surface area contributed by atoms with Gasteiger partial charge in [0.15, 0.2) is 28.2 Å². The molecule has 0 aliphatic rings. The minimum absolute atomic E-state index is 0.000815. The molecular weight excluding hydrogens is 465 g/mol. The van der Waals surface area contributed by atoms with Gasteiger partial charge in [-0.15, -0.1) is 20.4 Å². The molecule has 0 aliphatic carbocycles. The highest BCUT2D eigenvalue weighted by Gasteiger charge is 2.32. The molecular formula is C18H17F3N8O3S. The third-order valence-electron chi connectivity index (χ3n) is 4.74. The van der Waals surface area contributed by atoms with E-state index in [0.29, 0.717) is 0 Å². The Hall–Kier alpha value is -3.46. The number of rotatable bonds is 6. The fourth-order valence-corrected chi connectivity index (χ4v) is 4.13. The summed E-state index contributed by atoms with van der Waals surface area (Å²) in [4.78, 5) is 9.34. The molecule has 4 aromatic heterocycles. The maximum Gasteiger partial charge on any atom is 0.416 e. The molecule has 4 rings (SSSR count). The normalized spacial score (nSPS) is 12.5. The van der Waals surface area contributed by atoms with E-state index in [1.165, 1.54) is 36.5 Å². The van der Waals surface area contributed by atoms with E-state index in [-0.39, 0.29) is 51.6 Å². The number of ether oxygens (including phenoxy) is 1. The molecule has 0 saturated heterocycles. The first-order valence-electron chi connectivity index (χ1n) is 9.46. The largest absolute Gasteiger partial charge is 0.416 e. The number of pyridine rings is 2. The van der Waals surface area contributed by atoms with Gasteiger partial charge in [-0.05, 0) is 18.2 Å². The summed E-state index contributed by atoms with van der Waals surface area (Å²) >= 11 is 0. The number of aromatic nitrogens is 8. The van der Waals surface area contributed by atoms with E-state index in [9.17, 15) is 21.6 Å². The van der Waals surface area contributed by atoms with Gasteiger partial charge >= 0.3 is 6.18 Å². The maximum absolute atomic E-state index is 13.1. The van der Waals surface area contributed by atoms with Crippen molar-refractivity contribution in [3.05, 3.63) is 30.0 Å². The quantitative estimate of drug-likeness (QED) is 0.405. The van der Waals surface area contributed by atoms with Crippen LogP contribution in [0, 0.1) is 0 Å². The number of nitrogens with zero attached hydrogens (tertiary/aromatic N) is 8. The molecule has 0 atom stereocenters. The highest BCUT2D eigenvalue weighted by atomic mass is 32.2. The fourth-order valence-electron chi connectivity index (χ4n) is 3.09. The summed E-state index contributed by atoms with van der Waals surface area (Å²) in [6.07, 6.45) is -3.56. The molecule has 33 heavy (non-hydrogen) atoms. The second-order valence-electron chi connectivity index (χ2n) is 6.91. The second-order valence-corrected chi connectivity index (χ2v) is 9.15. The Kier molecular flexibility index (Phi) is 5.61. The van der Waals surface area contributed by atoms with Crippen LogP contribution in [0.25, 0.3) is 34.2 Å². The van der Waals surface area contributed by atoms with Gasteiger partial charge in [0.2, 0.25) is 5.65 Å². The van der Waals surface area contributed by atoms with Crippen molar-refractivity contribution < 1.29 is 26.3 Å². The number of halogens is 3. The number of sulfone groups is 1. The van der Waals surface area contributed by atoms with Crippen LogP contribution in [0.1, 0.15) is 12.5 Å². The van der Waals surface area contributed by atoms with Gasteiger partial charge in [-0.1, -0.05) is 6.92 Å². The van der Waals surface area contributed by atoms with E-state index >= 15 is 0 Å². The number of hydrogen-bond acceptors (Lipinski definition) is 9. The molecule has 0 bridgehead atoms. The van der Waals surface area contributed by atoms with Crippen LogP contribution in [0.5, 0.6) is 0 Å². The van der Waals surface area contributed by atoms with Crippen molar-refractivity contribution >= 4 is 21.0 Å². The summed E-state index contributed by atoms with van der Waals surface area (Å²) in [6, 6.07) is 3.00. The van der Waals surface area contributed by atoms with Gasteiger partial charge in [-0.25, -0.2) is 13.4 Å². The van der Waals surface area contributed by atoms with Gasteiger partial charge in [0.25, 0.3) is 0 Å². The summed E-state index contributed by atoms with van der Waals surface area (Å²) < 4.78 is 71.2. The predicted molar refractivity (Wildman–Crippen MR) is 108 cm³/mol. The van der Waals surface area contributed by atoms with Crippen molar-refractivity contribution in [1.82, 2.24) is 39.7 Å². The molecule has 4 aromatic rings. The zero-order valence-electron chi connectivity index (χ0n) is 17.6. The van der Waals surface area contributed by atoms with E-state index in [1.54, 1.807) is 0 Å². The lowest BCUT2D eigenvalue weighted by atomic mass is 10.2. The predicted octanol–water partition coefficient (Wildman–Crippen LogP) is 2.10. The Bertz CT molecular complexity index is 1450. The minimum Gasteiger partial charge on any atom is -0.361 e. The zero-order chi connectivity index (χ0) is 24.0. The standard InChI is InChI=1S/C18H17F3N8O3S/c1-4-33(30,31)13-8-11-15(27-29(26-11)9-32-3)23-14(13)17-25-24-16(28(17)2)12-7-10(5-6-22-12)18(19,20)21/h5-8H,4,9H2,1-3H3. The lowest BCUT2D eigenvalue weighted by Crippen LogP contribution is -2.09. The van der Waals surface area contributed by atoms with Crippen molar-refractivity contribution in [1.29, 1.82) is 0 Å². The van der Waals surface area contributed by atoms with E-state index in [2.05, 4.69) is 30.4 Å². The van der Waals surface area contributed by atoms with Gasteiger partial charge < -0.3 is 9.30 Å². The lowest BCUT2D eigenvalue weighted by Gasteiger charge is -2.09. The Balaban J connectivity index is 1.91. The monoisotopic (exact) mass is 482 g/mol. The van der Waals surface area contributed by atoms with Crippen LogP contribution < -0.4 is 0 Å². The number of hydrogen-bond donors (Lipinski definition) is 0. The molecule has 15 heteroatoms.